The molecule has 3 rings (SSSR count). The van der Waals surface area contributed by atoms with Crippen molar-refractivity contribution in [1.29, 1.82) is 0 Å². The van der Waals surface area contributed by atoms with E-state index in [1.54, 1.807) is 0 Å². The summed E-state index contributed by atoms with van der Waals surface area (Å²) >= 11 is 0. The molecule has 2 unspecified atom stereocenters. The van der Waals surface area contributed by atoms with Crippen LogP contribution >= 0.6 is 0 Å². The molecule has 17 heavy (non-hydrogen) atoms. The summed E-state index contributed by atoms with van der Waals surface area (Å²) < 4.78 is 2.28. The van der Waals surface area contributed by atoms with Gasteiger partial charge in [-0.25, -0.2) is 4.98 Å². The topological polar surface area (TPSA) is 33.1 Å². The first-order valence-corrected chi connectivity index (χ1v) is 6.76. The van der Waals surface area contributed by atoms with E-state index in [0.717, 1.165) is 25.0 Å². The summed E-state index contributed by atoms with van der Waals surface area (Å²) in [5, 5.41) is 3.47. The lowest BCUT2D eigenvalue weighted by molar-refractivity contribution is 0.175. The van der Waals surface area contributed by atoms with E-state index in [0.29, 0.717) is 0 Å². The van der Waals surface area contributed by atoms with Gasteiger partial charge in [-0.2, -0.15) is 0 Å². The zero-order valence-electron chi connectivity index (χ0n) is 10.6. The maximum atomic E-state index is 4.43. The Morgan fingerprint density at radius 3 is 3.24 bits per heavy atom. The maximum Gasteiger partial charge on any atom is 0.122 e. The molecule has 0 radical (unpaired) electrons. The van der Waals surface area contributed by atoms with Crippen molar-refractivity contribution in [3.05, 3.63) is 18.2 Å². The fourth-order valence-electron chi connectivity index (χ4n) is 3.35. The molecule has 0 spiro atoms. The van der Waals surface area contributed by atoms with Gasteiger partial charge >= 0.3 is 0 Å². The first-order chi connectivity index (χ1) is 8.36. The molecule has 0 aromatic carbocycles. The highest BCUT2D eigenvalue weighted by atomic mass is 15.2. The SMILES string of the molecule is CNC1CCCC1CN1CCn2ccnc2C1. The molecule has 1 aromatic heterocycles. The lowest BCUT2D eigenvalue weighted by Gasteiger charge is -2.31. The number of nitrogens with zero attached hydrogens (tertiary/aromatic N) is 3. The highest BCUT2D eigenvalue weighted by Gasteiger charge is 2.28. The molecule has 94 valence electrons. The molecule has 1 saturated carbocycles. The number of hydrogen-bond donors (Lipinski definition) is 1. The smallest absolute Gasteiger partial charge is 0.122 e. The molecule has 1 N–H and O–H groups in total. The van der Waals surface area contributed by atoms with Gasteiger partial charge in [-0.3, -0.25) is 4.90 Å². The minimum absolute atomic E-state index is 0.733. The summed E-state index contributed by atoms with van der Waals surface area (Å²) in [6.07, 6.45) is 8.14. The predicted molar refractivity (Wildman–Crippen MR) is 67.7 cm³/mol. The largest absolute Gasteiger partial charge is 0.333 e. The minimum Gasteiger partial charge on any atom is -0.333 e. The van der Waals surface area contributed by atoms with Crippen LogP contribution in [0.15, 0.2) is 12.4 Å². The average molecular weight is 234 g/mol. The van der Waals surface area contributed by atoms with Crippen molar-refractivity contribution in [1.82, 2.24) is 19.8 Å². The van der Waals surface area contributed by atoms with Gasteiger partial charge in [0.25, 0.3) is 0 Å². The standard InChI is InChI=1S/C13H22N4/c1-14-12-4-2-3-11(12)9-16-7-8-17-6-5-15-13(17)10-16/h5-6,11-12,14H,2-4,7-10H2,1H3. The Labute approximate surface area is 103 Å². The molecule has 2 aliphatic rings. The van der Waals surface area contributed by atoms with E-state index in [9.17, 15) is 0 Å². The van der Waals surface area contributed by atoms with Crippen molar-refractivity contribution < 1.29 is 0 Å². The molecule has 2 atom stereocenters. The second kappa shape index (κ2) is 4.78. The first kappa shape index (κ1) is 11.2. The molecule has 1 aromatic rings. The monoisotopic (exact) mass is 234 g/mol. The van der Waals surface area contributed by atoms with E-state index in [2.05, 4.69) is 33.0 Å². The molecule has 2 heterocycles. The van der Waals surface area contributed by atoms with Crippen molar-refractivity contribution >= 4 is 0 Å². The van der Waals surface area contributed by atoms with E-state index in [4.69, 9.17) is 0 Å². The summed E-state index contributed by atoms with van der Waals surface area (Å²) in [5.41, 5.74) is 0. The highest BCUT2D eigenvalue weighted by molar-refractivity contribution is 4.96. The van der Waals surface area contributed by atoms with E-state index < -0.39 is 0 Å². The van der Waals surface area contributed by atoms with Gasteiger partial charge < -0.3 is 9.88 Å². The van der Waals surface area contributed by atoms with Gasteiger partial charge in [-0.15, -0.1) is 0 Å². The molecule has 1 aliphatic heterocycles. The average Bonchev–Trinajstić information content (AvgIpc) is 2.96. The van der Waals surface area contributed by atoms with Crippen molar-refractivity contribution in [3.63, 3.8) is 0 Å². The second-order valence-corrected chi connectivity index (χ2v) is 5.36. The van der Waals surface area contributed by atoms with E-state index in [-0.39, 0.29) is 0 Å². The van der Waals surface area contributed by atoms with Crippen molar-refractivity contribution in [3.8, 4) is 0 Å². The maximum absolute atomic E-state index is 4.43. The van der Waals surface area contributed by atoms with E-state index in [1.165, 1.54) is 38.2 Å². The van der Waals surface area contributed by atoms with Gasteiger partial charge in [0.1, 0.15) is 5.82 Å². The van der Waals surface area contributed by atoms with Crippen LogP contribution in [0.5, 0.6) is 0 Å². The van der Waals surface area contributed by atoms with Crippen LogP contribution in [0.4, 0.5) is 0 Å². The Balaban J connectivity index is 1.60. The predicted octanol–water partition coefficient (Wildman–Crippen LogP) is 1.09. The van der Waals surface area contributed by atoms with Gasteiger partial charge in [-0.05, 0) is 25.8 Å². The van der Waals surface area contributed by atoms with Crippen LogP contribution in [0.3, 0.4) is 0 Å². The zero-order chi connectivity index (χ0) is 11.7. The quantitative estimate of drug-likeness (QED) is 0.850. The normalized spacial score (nSPS) is 29.5. The van der Waals surface area contributed by atoms with Gasteiger partial charge in [-0.1, -0.05) is 6.42 Å². The number of imidazole rings is 1. The van der Waals surface area contributed by atoms with Crippen LogP contribution in [0.1, 0.15) is 25.1 Å². The number of hydrogen-bond acceptors (Lipinski definition) is 3. The van der Waals surface area contributed by atoms with Crippen LogP contribution in [0, 0.1) is 5.92 Å². The first-order valence-electron chi connectivity index (χ1n) is 6.76. The van der Waals surface area contributed by atoms with Gasteiger partial charge in [0.15, 0.2) is 0 Å². The lowest BCUT2D eigenvalue weighted by atomic mass is 10.0. The third-order valence-electron chi connectivity index (χ3n) is 4.35. The van der Waals surface area contributed by atoms with Crippen LogP contribution in [-0.4, -0.2) is 40.6 Å². The third-order valence-corrected chi connectivity index (χ3v) is 4.35. The summed E-state index contributed by atoms with van der Waals surface area (Å²) in [7, 11) is 2.10. The molecule has 1 fully saturated rings. The van der Waals surface area contributed by atoms with Gasteiger partial charge in [0.2, 0.25) is 0 Å². The Hall–Kier alpha value is -0.870. The fourth-order valence-corrected chi connectivity index (χ4v) is 3.35. The Morgan fingerprint density at radius 1 is 1.41 bits per heavy atom. The molecular formula is C13H22N4. The van der Waals surface area contributed by atoms with E-state index >= 15 is 0 Å². The molecule has 0 bridgehead atoms. The summed E-state index contributed by atoms with van der Waals surface area (Å²) in [6, 6.07) is 0.733. The second-order valence-electron chi connectivity index (χ2n) is 5.36. The molecule has 1 aliphatic carbocycles. The highest BCUT2D eigenvalue weighted by Crippen LogP contribution is 2.27. The van der Waals surface area contributed by atoms with Crippen LogP contribution < -0.4 is 5.32 Å². The van der Waals surface area contributed by atoms with Crippen LogP contribution in [0.2, 0.25) is 0 Å². The number of fused-ring (bicyclic) bond motifs is 1. The van der Waals surface area contributed by atoms with Crippen LogP contribution in [0.25, 0.3) is 0 Å². The Morgan fingerprint density at radius 2 is 2.35 bits per heavy atom. The number of nitrogens with one attached hydrogen (secondary N) is 1. The van der Waals surface area contributed by atoms with E-state index in [1.807, 2.05) is 6.20 Å². The van der Waals surface area contributed by atoms with Crippen molar-refractivity contribution in [2.45, 2.75) is 38.4 Å². The molecule has 4 nitrogen and oxygen atoms in total. The molecular weight excluding hydrogens is 212 g/mol. The molecule has 0 saturated heterocycles. The summed E-state index contributed by atoms with van der Waals surface area (Å²) in [6.45, 7) is 4.54. The van der Waals surface area contributed by atoms with Gasteiger partial charge in [0, 0.05) is 38.1 Å². The number of rotatable bonds is 3. The van der Waals surface area contributed by atoms with Crippen molar-refractivity contribution in [2.75, 3.05) is 20.1 Å². The third kappa shape index (κ3) is 2.24. The summed E-state index contributed by atoms with van der Waals surface area (Å²) in [4.78, 5) is 7.00. The fraction of sp³-hybridized carbons (Fsp3) is 0.769. The molecule has 4 heteroatoms. The molecule has 0 amide bonds. The number of aromatic nitrogens is 2. The van der Waals surface area contributed by atoms with Crippen LogP contribution in [-0.2, 0) is 13.1 Å². The minimum atomic E-state index is 0.733. The Kier molecular flexibility index (Phi) is 3.16. The lowest BCUT2D eigenvalue weighted by Crippen LogP contribution is -2.41. The van der Waals surface area contributed by atoms with Gasteiger partial charge in [0.05, 0.1) is 6.54 Å². The van der Waals surface area contributed by atoms with Crippen molar-refractivity contribution in [2.24, 2.45) is 5.92 Å². The zero-order valence-corrected chi connectivity index (χ0v) is 10.6. The summed E-state index contributed by atoms with van der Waals surface area (Å²) in [5.74, 6) is 2.07. The Bertz CT molecular complexity index is 373.